The van der Waals surface area contributed by atoms with E-state index in [0.717, 1.165) is 6.26 Å². The smallest absolute Gasteiger partial charge is 0.311 e. The Hall–Kier alpha value is -2.09. The van der Waals surface area contributed by atoms with Gasteiger partial charge in [0, 0.05) is 4.91 Å². The molecule has 8 nitrogen and oxygen atoms in total. The lowest BCUT2D eigenvalue weighted by molar-refractivity contribution is -0.155. The van der Waals surface area contributed by atoms with E-state index >= 15 is 0 Å². The third-order valence-corrected chi connectivity index (χ3v) is 3.56. The summed E-state index contributed by atoms with van der Waals surface area (Å²) >= 11 is 0. The van der Waals surface area contributed by atoms with Gasteiger partial charge in [-0.2, -0.15) is 8.42 Å². The third kappa shape index (κ3) is 6.57. The normalized spacial score (nSPS) is 14.3. The van der Waals surface area contributed by atoms with Crippen molar-refractivity contribution in [2.24, 2.45) is 10.5 Å². The molecule has 0 unspecified atom stereocenters. The van der Waals surface area contributed by atoms with E-state index in [0.29, 0.717) is 5.56 Å². The fourth-order valence-electron chi connectivity index (χ4n) is 1.83. The van der Waals surface area contributed by atoms with Crippen molar-refractivity contribution in [3.8, 4) is 0 Å². The standard InChI is InChI=1S/C15H21N3O5S/c1-15(2,3)14(19)22-10-12(23-24(4,20)21)13(17-18-16)11-8-6-5-7-9-11/h5-9,12-13H,10H2,1-4H3/t12-,13+/m1/s1. The molecule has 2 atom stereocenters. The van der Waals surface area contributed by atoms with E-state index in [9.17, 15) is 13.2 Å². The molecule has 0 fully saturated rings. The summed E-state index contributed by atoms with van der Waals surface area (Å²) in [6.07, 6.45) is -0.284. The molecule has 0 N–H and O–H groups in total. The van der Waals surface area contributed by atoms with Crippen LogP contribution in [0.4, 0.5) is 0 Å². The summed E-state index contributed by atoms with van der Waals surface area (Å²) in [4.78, 5) is 14.7. The first-order valence-electron chi connectivity index (χ1n) is 7.19. The van der Waals surface area contributed by atoms with Crippen molar-refractivity contribution in [3.05, 3.63) is 46.3 Å². The number of carbonyl (C=O) groups excluding carboxylic acids is 1. The van der Waals surface area contributed by atoms with Gasteiger partial charge in [-0.3, -0.25) is 8.98 Å². The second kappa shape index (κ2) is 8.14. The van der Waals surface area contributed by atoms with Gasteiger partial charge in [-0.15, -0.1) is 0 Å². The van der Waals surface area contributed by atoms with Crippen LogP contribution in [-0.2, 0) is 23.8 Å². The topological polar surface area (TPSA) is 118 Å². The maximum Gasteiger partial charge on any atom is 0.311 e. The van der Waals surface area contributed by atoms with Crippen LogP contribution in [0, 0.1) is 5.41 Å². The predicted molar refractivity (Wildman–Crippen MR) is 88.5 cm³/mol. The van der Waals surface area contributed by atoms with E-state index in [-0.39, 0.29) is 6.61 Å². The molecule has 9 heteroatoms. The van der Waals surface area contributed by atoms with Crippen LogP contribution in [0.15, 0.2) is 35.4 Å². The summed E-state index contributed by atoms with van der Waals surface area (Å²) in [7, 11) is -3.85. The molecule has 0 radical (unpaired) electrons. The lowest BCUT2D eigenvalue weighted by atomic mass is 9.97. The van der Waals surface area contributed by atoms with Gasteiger partial charge < -0.3 is 4.74 Å². The summed E-state index contributed by atoms with van der Waals surface area (Å²) in [6, 6.07) is 7.58. The average Bonchev–Trinajstić information content (AvgIpc) is 2.47. The molecule has 0 spiro atoms. The van der Waals surface area contributed by atoms with Crippen LogP contribution >= 0.6 is 0 Å². The molecule has 0 saturated heterocycles. The van der Waals surface area contributed by atoms with Gasteiger partial charge in [-0.1, -0.05) is 35.4 Å². The number of hydrogen-bond donors (Lipinski definition) is 0. The second-order valence-corrected chi connectivity index (χ2v) is 7.85. The molecule has 1 aromatic carbocycles. The maximum atomic E-state index is 11.9. The number of benzene rings is 1. The third-order valence-electron chi connectivity index (χ3n) is 2.96. The zero-order valence-electron chi connectivity index (χ0n) is 14.0. The molecule has 0 bridgehead atoms. The summed E-state index contributed by atoms with van der Waals surface area (Å²) < 4.78 is 33.2. The molecule has 1 rings (SSSR count). The number of nitrogens with zero attached hydrogens (tertiary/aromatic N) is 3. The first-order valence-corrected chi connectivity index (χ1v) is 9.01. The Morgan fingerprint density at radius 2 is 1.88 bits per heavy atom. The molecule has 0 amide bonds. The van der Waals surface area contributed by atoms with Crippen molar-refractivity contribution in [3.63, 3.8) is 0 Å². The Morgan fingerprint density at radius 3 is 2.33 bits per heavy atom. The summed E-state index contributed by atoms with van der Waals surface area (Å²) in [5, 5.41) is 3.62. The van der Waals surface area contributed by atoms with Crippen LogP contribution in [0.3, 0.4) is 0 Å². The molecule has 0 saturated carbocycles. The van der Waals surface area contributed by atoms with Gasteiger partial charge >= 0.3 is 5.97 Å². The van der Waals surface area contributed by atoms with E-state index in [2.05, 4.69) is 10.0 Å². The maximum absolute atomic E-state index is 11.9. The van der Waals surface area contributed by atoms with Crippen molar-refractivity contribution >= 4 is 16.1 Å². The minimum atomic E-state index is -3.85. The summed E-state index contributed by atoms with van der Waals surface area (Å²) in [5.41, 5.74) is 8.60. The largest absolute Gasteiger partial charge is 0.462 e. The monoisotopic (exact) mass is 355 g/mol. The molecule has 24 heavy (non-hydrogen) atoms. The number of hydrogen-bond acceptors (Lipinski definition) is 6. The van der Waals surface area contributed by atoms with Crippen LogP contribution < -0.4 is 0 Å². The summed E-state index contributed by atoms with van der Waals surface area (Å²) in [5.74, 6) is -0.516. The van der Waals surface area contributed by atoms with E-state index in [4.69, 9.17) is 14.5 Å². The number of azide groups is 1. The highest BCUT2D eigenvalue weighted by Gasteiger charge is 2.30. The average molecular weight is 355 g/mol. The van der Waals surface area contributed by atoms with Gasteiger partial charge in [0.05, 0.1) is 17.7 Å². The number of carbonyl (C=O) groups is 1. The first-order chi connectivity index (χ1) is 11.0. The Morgan fingerprint density at radius 1 is 1.29 bits per heavy atom. The SMILES string of the molecule is CC(C)(C)C(=O)OC[C@@H](OS(C)(=O)=O)[C@@H](N=[N+]=[N-])c1ccccc1. The van der Waals surface area contributed by atoms with E-state index in [1.807, 2.05) is 0 Å². The van der Waals surface area contributed by atoms with Crippen molar-refractivity contribution in [1.82, 2.24) is 0 Å². The van der Waals surface area contributed by atoms with Crippen molar-refractivity contribution in [2.75, 3.05) is 12.9 Å². The zero-order valence-corrected chi connectivity index (χ0v) is 14.9. The van der Waals surface area contributed by atoms with Crippen LogP contribution in [0.25, 0.3) is 10.4 Å². The van der Waals surface area contributed by atoms with Gasteiger partial charge in [0.25, 0.3) is 10.1 Å². The van der Waals surface area contributed by atoms with Gasteiger partial charge in [0.1, 0.15) is 12.7 Å². The highest BCUT2D eigenvalue weighted by Crippen LogP contribution is 2.26. The Bertz CT molecular complexity index is 706. The van der Waals surface area contributed by atoms with E-state index in [1.165, 1.54) is 0 Å². The number of rotatable bonds is 7. The van der Waals surface area contributed by atoms with E-state index < -0.39 is 33.6 Å². The van der Waals surface area contributed by atoms with Crippen LogP contribution in [0.2, 0.25) is 0 Å². The number of ether oxygens (including phenoxy) is 1. The molecular formula is C15H21N3O5S. The van der Waals surface area contributed by atoms with Crippen LogP contribution in [-0.4, -0.2) is 33.4 Å². The van der Waals surface area contributed by atoms with Crippen LogP contribution in [0.5, 0.6) is 0 Å². The minimum Gasteiger partial charge on any atom is -0.462 e. The fourth-order valence-corrected chi connectivity index (χ4v) is 2.44. The summed E-state index contributed by atoms with van der Waals surface area (Å²) in [6.45, 7) is 4.65. The molecule has 0 aliphatic heterocycles. The van der Waals surface area contributed by atoms with Crippen molar-refractivity contribution in [2.45, 2.75) is 32.9 Å². The highest BCUT2D eigenvalue weighted by atomic mass is 32.2. The molecular weight excluding hydrogens is 334 g/mol. The minimum absolute atomic E-state index is 0.359. The quantitative estimate of drug-likeness (QED) is 0.245. The van der Waals surface area contributed by atoms with Crippen LogP contribution in [0.1, 0.15) is 32.4 Å². The lowest BCUT2D eigenvalue weighted by Gasteiger charge is -2.24. The first kappa shape index (κ1) is 20.0. The molecule has 132 valence electrons. The fraction of sp³-hybridized carbons (Fsp3) is 0.533. The second-order valence-electron chi connectivity index (χ2n) is 6.25. The van der Waals surface area contributed by atoms with Gasteiger partial charge in [-0.05, 0) is 31.9 Å². The van der Waals surface area contributed by atoms with Crippen molar-refractivity contribution in [1.29, 1.82) is 0 Å². The highest BCUT2D eigenvalue weighted by molar-refractivity contribution is 7.86. The predicted octanol–water partition coefficient (Wildman–Crippen LogP) is 2.97. The van der Waals surface area contributed by atoms with Crippen molar-refractivity contribution < 1.29 is 22.1 Å². The Kier molecular flexibility index (Phi) is 6.77. The zero-order chi connectivity index (χ0) is 18.4. The molecule has 0 aromatic heterocycles. The Balaban J connectivity index is 3.10. The molecule has 0 aliphatic carbocycles. The van der Waals surface area contributed by atoms with Gasteiger partial charge in [0.2, 0.25) is 0 Å². The molecule has 0 aliphatic rings. The molecule has 1 aromatic rings. The van der Waals surface area contributed by atoms with Gasteiger partial charge in [-0.25, -0.2) is 0 Å². The van der Waals surface area contributed by atoms with Gasteiger partial charge in [0.15, 0.2) is 0 Å². The lowest BCUT2D eigenvalue weighted by Crippen LogP contribution is -2.33. The van der Waals surface area contributed by atoms with E-state index in [1.54, 1.807) is 51.1 Å². The number of esters is 1. The molecule has 0 heterocycles. The Labute approximate surface area is 141 Å².